The molecule has 1 amide bonds. The molecule has 2 aromatic rings. The van der Waals surface area contributed by atoms with Gasteiger partial charge in [-0.25, -0.2) is 13.2 Å². The zero-order chi connectivity index (χ0) is 19.6. The number of benzene rings is 2. The van der Waals surface area contributed by atoms with Crippen LogP contribution in [0.4, 0.5) is 11.4 Å². The highest BCUT2D eigenvalue weighted by Gasteiger charge is 2.22. The van der Waals surface area contributed by atoms with Crippen LogP contribution in [-0.2, 0) is 19.6 Å². The smallest absolute Gasteiger partial charge is 0.338 e. The Bertz CT molecular complexity index is 984. The summed E-state index contributed by atoms with van der Waals surface area (Å²) in [5.74, 6) is -0.525. The lowest BCUT2D eigenvalue weighted by Crippen LogP contribution is -2.23. The predicted octanol–water partition coefficient (Wildman–Crippen LogP) is 2.71. The monoisotopic (exact) mass is 388 g/mol. The number of carbonyl (C=O) groups excluding carboxylic acids is 2. The van der Waals surface area contributed by atoms with Gasteiger partial charge in [-0.05, 0) is 55.3 Å². The SMILES string of the molecule is COC(=O)c1cc(S(=O)(=O)Nc2ccc(N3CCCC3=O)cc2)ccc1C. The van der Waals surface area contributed by atoms with E-state index in [9.17, 15) is 18.0 Å². The molecule has 7 nitrogen and oxygen atoms in total. The van der Waals surface area contributed by atoms with Crippen molar-refractivity contribution < 1.29 is 22.7 Å². The number of carbonyl (C=O) groups is 2. The Morgan fingerprint density at radius 2 is 1.85 bits per heavy atom. The van der Waals surface area contributed by atoms with E-state index in [1.54, 1.807) is 42.2 Å². The van der Waals surface area contributed by atoms with Gasteiger partial charge in [-0.2, -0.15) is 0 Å². The van der Waals surface area contributed by atoms with E-state index in [-0.39, 0.29) is 16.4 Å². The molecule has 0 unspecified atom stereocenters. The van der Waals surface area contributed by atoms with E-state index in [4.69, 9.17) is 0 Å². The first-order chi connectivity index (χ1) is 12.8. The Balaban J connectivity index is 1.82. The van der Waals surface area contributed by atoms with Gasteiger partial charge in [-0.3, -0.25) is 9.52 Å². The highest BCUT2D eigenvalue weighted by atomic mass is 32.2. The van der Waals surface area contributed by atoms with Gasteiger partial charge >= 0.3 is 5.97 Å². The summed E-state index contributed by atoms with van der Waals surface area (Å²) in [6, 6.07) is 10.9. The number of aryl methyl sites for hydroxylation is 1. The minimum absolute atomic E-state index is 0.0349. The molecule has 0 bridgehead atoms. The maximum absolute atomic E-state index is 12.6. The lowest BCUT2D eigenvalue weighted by molar-refractivity contribution is -0.117. The molecule has 1 aliphatic rings. The molecule has 1 aliphatic heterocycles. The Morgan fingerprint density at radius 1 is 1.15 bits per heavy atom. The number of methoxy groups -OCH3 is 1. The summed E-state index contributed by atoms with van der Waals surface area (Å²) in [6.45, 7) is 2.37. The van der Waals surface area contributed by atoms with Crippen molar-refractivity contribution in [2.45, 2.75) is 24.7 Å². The van der Waals surface area contributed by atoms with Crippen molar-refractivity contribution >= 4 is 33.3 Å². The Hall–Kier alpha value is -2.87. The van der Waals surface area contributed by atoms with Crippen molar-refractivity contribution in [1.29, 1.82) is 0 Å². The maximum atomic E-state index is 12.6. The standard InChI is InChI=1S/C19H20N2O5S/c1-13-5-10-16(12-17(13)19(23)26-2)27(24,25)20-14-6-8-15(9-7-14)21-11-3-4-18(21)22/h5-10,12,20H,3-4,11H2,1-2H3. The number of anilines is 2. The molecule has 0 atom stereocenters. The summed E-state index contributed by atoms with van der Waals surface area (Å²) >= 11 is 0. The summed E-state index contributed by atoms with van der Waals surface area (Å²) in [5.41, 5.74) is 1.93. The number of amides is 1. The second-order valence-corrected chi connectivity index (χ2v) is 7.95. The molecule has 0 aromatic heterocycles. The number of ether oxygens (including phenoxy) is 1. The van der Waals surface area contributed by atoms with Crippen molar-refractivity contribution in [2.75, 3.05) is 23.3 Å². The molecule has 0 aliphatic carbocycles. The lowest BCUT2D eigenvalue weighted by atomic mass is 10.1. The topological polar surface area (TPSA) is 92.8 Å². The zero-order valence-electron chi connectivity index (χ0n) is 15.1. The minimum Gasteiger partial charge on any atom is -0.465 e. The molecule has 0 radical (unpaired) electrons. The van der Waals surface area contributed by atoms with Gasteiger partial charge in [-0.15, -0.1) is 0 Å². The molecule has 1 N–H and O–H groups in total. The molecule has 0 spiro atoms. The fraction of sp³-hybridized carbons (Fsp3) is 0.263. The van der Waals surface area contributed by atoms with E-state index in [1.807, 2.05) is 0 Å². The van der Waals surface area contributed by atoms with Crippen LogP contribution in [0.3, 0.4) is 0 Å². The van der Waals surface area contributed by atoms with Crippen molar-refractivity contribution in [1.82, 2.24) is 0 Å². The molecular weight excluding hydrogens is 368 g/mol. The van der Waals surface area contributed by atoms with Gasteiger partial charge < -0.3 is 9.64 Å². The third kappa shape index (κ3) is 3.95. The first-order valence-corrected chi connectivity index (χ1v) is 9.92. The van der Waals surface area contributed by atoms with E-state index in [2.05, 4.69) is 9.46 Å². The zero-order valence-corrected chi connectivity index (χ0v) is 15.9. The second-order valence-electron chi connectivity index (χ2n) is 6.27. The molecule has 3 rings (SSSR count). The summed E-state index contributed by atoms with van der Waals surface area (Å²) in [5, 5.41) is 0. The molecule has 1 fully saturated rings. The van der Waals surface area contributed by atoms with Crippen LogP contribution in [0.1, 0.15) is 28.8 Å². The normalized spacial score (nSPS) is 14.3. The number of hydrogen-bond acceptors (Lipinski definition) is 5. The average Bonchev–Trinajstić information content (AvgIpc) is 3.07. The highest BCUT2D eigenvalue weighted by molar-refractivity contribution is 7.92. The third-order valence-corrected chi connectivity index (χ3v) is 5.81. The number of nitrogens with one attached hydrogen (secondary N) is 1. The fourth-order valence-electron chi connectivity index (χ4n) is 2.94. The Labute approximate surface area is 158 Å². The van der Waals surface area contributed by atoms with Crippen LogP contribution in [0.2, 0.25) is 0 Å². The molecule has 1 saturated heterocycles. The van der Waals surface area contributed by atoms with E-state index < -0.39 is 16.0 Å². The van der Waals surface area contributed by atoms with E-state index in [0.29, 0.717) is 24.2 Å². The lowest BCUT2D eigenvalue weighted by Gasteiger charge is -2.16. The van der Waals surface area contributed by atoms with E-state index in [1.165, 1.54) is 19.2 Å². The number of nitrogens with zero attached hydrogens (tertiary/aromatic N) is 1. The molecule has 142 valence electrons. The molecular formula is C19H20N2O5S. The fourth-order valence-corrected chi connectivity index (χ4v) is 4.03. The van der Waals surface area contributed by atoms with Crippen LogP contribution in [-0.4, -0.2) is 33.9 Å². The Kier molecular flexibility index (Phi) is 5.18. The van der Waals surface area contributed by atoms with Gasteiger partial charge in [-0.1, -0.05) is 6.07 Å². The van der Waals surface area contributed by atoms with Gasteiger partial charge in [0.1, 0.15) is 0 Å². The largest absolute Gasteiger partial charge is 0.465 e. The molecule has 8 heteroatoms. The van der Waals surface area contributed by atoms with Crippen LogP contribution in [0.25, 0.3) is 0 Å². The first kappa shape index (κ1) is 18.9. The summed E-state index contributed by atoms with van der Waals surface area (Å²) in [4.78, 5) is 25.2. The first-order valence-electron chi connectivity index (χ1n) is 8.44. The molecule has 0 saturated carbocycles. The van der Waals surface area contributed by atoms with Crippen molar-refractivity contribution in [2.24, 2.45) is 0 Å². The quantitative estimate of drug-likeness (QED) is 0.795. The maximum Gasteiger partial charge on any atom is 0.338 e. The highest BCUT2D eigenvalue weighted by Crippen LogP contribution is 2.25. The minimum atomic E-state index is -3.88. The number of esters is 1. The van der Waals surface area contributed by atoms with Crippen molar-refractivity contribution in [3.63, 3.8) is 0 Å². The van der Waals surface area contributed by atoms with E-state index >= 15 is 0 Å². The summed E-state index contributed by atoms with van der Waals surface area (Å²) in [6.07, 6.45) is 1.35. The van der Waals surface area contributed by atoms with Crippen molar-refractivity contribution in [3.8, 4) is 0 Å². The van der Waals surface area contributed by atoms with Gasteiger partial charge in [0.05, 0.1) is 17.6 Å². The van der Waals surface area contributed by atoms with Crippen molar-refractivity contribution in [3.05, 3.63) is 53.6 Å². The van der Waals surface area contributed by atoms with Gasteiger partial charge in [0, 0.05) is 24.3 Å². The predicted molar refractivity (Wildman–Crippen MR) is 101 cm³/mol. The number of rotatable bonds is 5. The number of hydrogen-bond donors (Lipinski definition) is 1. The van der Waals surface area contributed by atoms with Crippen LogP contribution < -0.4 is 9.62 Å². The van der Waals surface area contributed by atoms with Crippen LogP contribution in [0, 0.1) is 6.92 Å². The van der Waals surface area contributed by atoms with Gasteiger partial charge in [0.2, 0.25) is 5.91 Å². The van der Waals surface area contributed by atoms with Gasteiger partial charge in [0.25, 0.3) is 10.0 Å². The second kappa shape index (κ2) is 7.40. The third-order valence-electron chi connectivity index (χ3n) is 4.43. The van der Waals surface area contributed by atoms with Gasteiger partial charge in [0.15, 0.2) is 0 Å². The molecule has 1 heterocycles. The van der Waals surface area contributed by atoms with Crippen LogP contribution in [0.15, 0.2) is 47.4 Å². The summed E-state index contributed by atoms with van der Waals surface area (Å²) < 4.78 is 32.5. The van der Waals surface area contributed by atoms with E-state index in [0.717, 1.165) is 12.1 Å². The summed E-state index contributed by atoms with van der Waals surface area (Å²) in [7, 11) is -2.63. The van der Waals surface area contributed by atoms with Crippen LogP contribution >= 0.6 is 0 Å². The number of sulfonamides is 1. The average molecular weight is 388 g/mol. The molecule has 27 heavy (non-hydrogen) atoms. The van der Waals surface area contributed by atoms with Crippen LogP contribution in [0.5, 0.6) is 0 Å². The Morgan fingerprint density at radius 3 is 2.44 bits per heavy atom. The molecule has 2 aromatic carbocycles.